The molecule has 2 aliphatic rings. The van der Waals surface area contributed by atoms with Crippen molar-refractivity contribution >= 4 is 0 Å². The third kappa shape index (κ3) is 3.73. The number of rotatable bonds is 4. The first-order valence-corrected chi connectivity index (χ1v) is 7.43. The molecule has 1 aromatic carbocycles. The van der Waals surface area contributed by atoms with Gasteiger partial charge in [0, 0.05) is 25.1 Å². The topological polar surface area (TPSA) is 39.7 Å². The number of morpholine rings is 1. The second kappa shape index (κ2) is 5.91. The van der Waals surface area contributed by atoms with Crippen molar-refractivity contribution in [2.24, 2.45) is 0 Å². The Kier molecular flexibility index (Phi) is 4.15. The number of benzene rings is 1. The van der Waals surface area contributed by atoms with E-state index in [0.717, 1.165) is 24.4 Å². The number of ether oxygens (including phenoxy) is 3. The Labute approximate surface area is 124 Å². The van der Waals surface area contributed by atoms with Gasteiger partial charge in [0.2, 0.25) is 0 Å². The number of hydrogen-bond donors (Lipinski definition) is 1. The van der Waals surface area contributed by atoms with E-state index in [4.69, 9.17) is 14.2 Å². The van der Waals surface area contributed by atoms with Crippen LogP contribution in [0.3, 0.4) is 0 Å². The van der Waals surface area contributed by atoms with Gasteiger partial charge in [0.15, 0.2) is 0 Å². The van der Waals surface area contributed by atoms with E-state index in [9.17, 15) is 4.39 Å². The molecule has 1 aromatic rings. The summed E-state index contributed by atoms with van der Waals surface area (Å²) < 4.78 is 30.6. The average molecular weight is 295 g/mol. The average Bonchev–Trinajstić information content (AvgIpc) is 2.79. The van der Waals surface area contributed by atoms with Crippen LogP contribution in [0.4, 0.5) is 4.39 Å². The maximum Gasteiger partial charge on any atom is 0.126 e. The fourth-order valence-electron chi connectivity index (χ4n) is 2.87. The highest BCUT2D eigenvalue weighted by molar-refractivity contribution is 5.37. The largest absolute Gasteiger partial charge is 0.487 e. The van der Waals surface area contributed by atoms with Crippen LogP contribution in [-0.4, -0.2) is 44.1 Å². The summed E-state index contributed by atoms with van der Waals surface area (Å²) in [6.07, 6.45) is 0.726. The van der Waals surface area contributed by atoms with Gasteiger partial charge in [-0.25, -0.2) is 4.39 Å². The summed E-state index contributed by atoms with van der Waals surface area (Å²) in [7, 11) is 0. The molecule has 0 spiro atoms. The second-order valence-electron chi connectivity index (χ2n) is 6.36. The number of nitrogens with one attached hydrogen (secondary N) is 1. The third-order valence-electron chi connectivity index (χ3n) is 3.78. The van der Waals surface area contributed by atoms with Crippen LogP contribution in [0, 0.1) is 5.82 Å². The molecule has 5 heteroatoms. The summed E-state index contributed by atoms with van der Waals surface area (Å²) in [6.45, 7) is 6.84. The first-order chi connectivity index (χ1) is 10.0. The fraction of sp³-hybridized carbons (Fsp3) is 0.625. The van der Waals surface area contributed by atoms with Gasteiger partial charge in [-0.2, -0.15) is 0 Å². The van der Waals surface area contributed by atoms with E-state index in [1.54, 1.807) is 6.07 Å². The van der Waals surface area contributed by atoms with E-state index < -0.39 is 0 Å². The van der Waals surface area contributed by atoms with E-state index >= 15 is 0 Å². The van der Waals surface area contributed by atoms with E-state index in [0.29, 0.717) is 19.6 Å². The molecule has 1 saturated heterocycles. The minimum absolute atomic E-state index is 0.0358. The highest BCUT2D eigenvalue weighted by Crippen LogP contribution is 2.29. The summed E-state index contributed by atoms with van der Waals surface area (Å²) in [5, 5.41) is 3.35. The van der Waals surface area contributed by atoms with E-state index in [1.165, 1.54) is 12.1 Å². The monoisotopic (exact) mass is 295 g/mol. The van der Waals surface area contributed by atoms with Crippen molar-refractivity contribution in [1.82, 2.24) is 5.32 Å². The molecule has 21 heavy (non-hydrogen) atoms. The molecule has 3 rings (SSSR count). The highest BCUT2D eigenvalue weighted by atomic mass is 19.1. The van der Waals surface area contributed by atoms with Crippen LogP contribution in [0.1, 0.15) is 19.4 Å². The minimum atomic E-state index is -0.220. The van der Waals surface area contributed by atoms with Crippen LogP contribution in [0.2, 0.25) is 0 Å². The van der Waals surface area contributed by atoms with Crippen molar-refractivity contribution in [3.8, 4) is 5.75 Å². The lowest BCUT2D eigenvalue weighted by Gasteiger charge is -2.36. The molecule has 0 amide bonds. The predicted molar refractivity (Wildman–Crippen MR) is 77.2 cm³/mol. The Hall–Kier alpha value is -1.17. The molecule has 0 bridgehead atoms. The van der Waals surface area contributed by atoms with E-state index in [1.807, 2.05) is 0 Å². The van der Waals surface area contributed by atoms with Crippen LogP contribution < -0.4 is 10.1 Å². The first-order valence-electron chi connectivity index (χ1n) is 7.43. The van der Waals surface area contributed by atoms with E-state index in [-0.39, 0.29) is 23.6 Å². The zero-order valence-electron chi connectivity index (χ0n) is 12.5. The molecule has 2 unspecified atom stereocenters. The number of fused-ring (bicyclic) bond motifs is 1. The molecular formula is C16H22FNO3. The van der Waals surface area contributed by atoms with Crippen molar-refractivity contribution in [1.29, 1.82) is 0 Å². The number of halogens is 1. The van der Waals surface area contributed by atoms with Crippen molar-refractivity contribution in [3.05, 3.63) is 29.6 Å². The summed E-state index contributed by atoms with van der Waals surface area (Å²) in [5.74, 6) is 0.546. The van der Waals surface area contributed by atoms with Crippen LogP contribution in [0.25, 0.3) is 0 Å². The molecule has 4 nitrogen and oxygen atoms in total. The Bertz CT molecular complexity index is 506. The maximum absolute atomic E-state index is 13.1. The Morgan fingerprint density at radius 2 is 2.14 bits per heavy atom. The molecule has 0 aromatic heterocycles. The summed E-state index contributed by atoms with van der Waals surface area (Å²) >= 11 is 0. The normalized spacial score (nSPS) is 27.2. The molecule has 0 radical (unpaired) electrons. The molecule has 116 valence electrons. The van der Waals surface area contributed by atoms with Crippen molar-refractivity contribution in [2.75, 3.05) is 26.3 Å². The SMILES string of the molecule is CC1(C)CNCC(COCC2Cc3cc(F)ccc3O2)O1. The molecule has 2 heterocycles. The summed E-state index contributed by atoms with van der Waals surface area (Å²) in [4.78, 5) is 0. The molecule has 1 N–H and O–H groups in total. The van der Waals surface area contributed by atoms with Crippen molar-refractivity contribution < 1.29 is 18.6 Å². The maximum atomic E-state index is 13.1. The predicted octanol–water partition coefficient (Wildman–Crippen LogP) is 1.91. The third-order valence-corrected chi connectivity index (χ3v) is 3.78. The lowest BCUT2D eigenvalue weighted by Crippen LogP contribution is -2.52. The zero-order chi connectivity index (χ0) is 14.9. The lowest BCUT2D eigenvalue weighted by molar-refractivity contribution is -0.123. The van der Waals surface area contributed by atoms with Crippen LogP contribution >= 0.6 is 0 Å². The molecule has 1 fully saturated rings. The Balaban J connectivity index is 1.43. The van der Waals surface area contributed by atoms with Gasteiger partial charge in [-0.05, 0) is 32.0 Å². The van der Waals surface area contributed by atoms with Gasteiger partial charge in [-0.15, -0.1) is 0 Å². The van der Waals surface area contributed by atoms with Crippen LogP contribution in [-0.2, 0) is 15.9 Å². The lowest BCUT2D eigenvalue weighted by atomic mass is 10.1. The van der Waals surface area contributed by atoms with Gasteiger partial charge in [0.25, 0.3) is 0 Å². The zero-order valence-corrected chi connectivity index (χ0v) is 12.5. The molecule has 0 saturated carbocycles. The van der Waals surface area contributed by atoms with Crippen LogP contribution in [0.5, 0.6) is 5.75 Å². The summed E-state index contributed by atoms with van der Waals surface area (Å²) in [6, 6.07) is 4.64. The minimum Gasteiger partial charge on any atom is -0.487 e. The molecule has 0 aliphatic carbocycles. The fourth-order valence-corrected chi connectivity index (χ4v) is 2.87. The smallest absolute Gasteiger partial charge is 0.126 e. The molecule has 2 atom stereocenters. The van der Waals surface area contributed by atoms with E-state index in [2.05, 4.69) is 19.2 Å². The molecule has 2 aliphatic heterocycles. The standard InChI is InChI=1S/C16H22FNO3/c1-16(2)10-18-7-14(21-16)9-19-8-13-6-11-5-12(17)3-4-15(11)20-13/h3-5,13-14,18H,6-10H2,1-2H3. The number of hydrogen-bond acceptors (Lipinski definition) is 4. The van der Waals surface area contributed by atoms with Gasteiger partial charge in [0.05, 0.1) is 24.9 Å². The summed E-state index contributed by atoms with van der Waals surface area (Å²) in [5.41, 5.74) is 0.768. The Morgan fingerprint density at radius 1 is 1.33 bits per heavy atom. The Morgan fingerprint density at radius 3 is 2.95 bits per heavy atom. The quantitative estimate of drug-likeness (QED) is 0.921. The van der Waals surface area contributed by atoms with Gasteiger partial charge < -0.3 is 19.5 Å². The first kappa shape index (κ1) is 14.8. The van der Waals surface area contributed by atoms with Crippen LogP contribution in [0.15, 0.2) is 18.2 Å². The van der Waals surface area contributed by atoms with Crippen molar-refractivity contribution in [3.63, 3.8) is 0 Å². The van der Waals surface area contributed by atoms with Gasteiger partial charge >= 0.3 is 0 Å². The second-order valence-corrected chi connectivity index (χ2v) is 6.36. The van der Waals surface area contributed by atoms with Crippen molar-refractivity contribution in [2.45, 2.75) is 38.1 Å². The highest BCUT2D eigenvalue weighted by Gasteiger charge is 2.29. The molecular weight excluding hydrogens is 273 g/mol. The van der Waals surface area contributed by atoms with Gasteiger partial charge in [0.1, 0.15) is 17.7 Å². The van der Waals surface area contributed by atoms with Gasteiger partial charge in [-0.3, -0.25) is 0 Å². The van der Waals surface area contributed by atoms with Gasteiger partial charge in [-0.1, -0.05) is 0 Å².